The number of nitrogens with zero attached hydrogens (tertiary/aromatic N) is 5. The van der Waals surface area contributed by atoms with E-state index in [0.717, 1.165) is 55.0 Å². The monoisotopic (exact) mass is 381 g/mol. The third-order valence-electron chi connectivity index (χ3n) is 5.53. The molecule has 4 heterocycles. The molecule has 0 radical (unpaired) electrons. The highest BCUT2D eigenvalue weighted by Gasteiger charge is 2.33. The van der Waals surface area contributed by atoms with Gasteiger partial charge in [-0.2, -0.15) is 0 Å². The van der Waals surface area contributed by atoms with Crippen molar-refractivity contribution in [2.45, 2.75) is 65.5 Å². The molecule has 0 bridgehead atoms. The summed E-state index contributed by atoms with van der Waals surface area (Å²) in [6.45, 7) is 9.65. The van der Waals surface area contributed by atoms with Crippen LogP contribution < -0.4 is 0 Å². The molecule has 1 unspecified atom stereocenters. The predicted octanol–water partition coefficient (Wildman–Crippen LogP) is 4.24. The Labute approximate surface area is 164 Å². The fourth-order valence-corrected chi connectivity index (χ4v) is 4.14. The van der Waals surface area contributed by atoms with Gasteiger partial charge in [0.1, 0.15) is 5.82 Å². The van der Waals surface area contributed by atoms with Crippen LogP contribution in [0.4, 0.5) is 0 Å². The summed E-state index contributed by atoms with van der Waals surface area (Å²) in [6.07, 6.45) is 6.83. The van der Waals surface area contributed by atoms with Gasteiger partial charge in [-0.1, -0.05) is 19.0 Å². The molecule has 7 nitrogen and oxygen atoms in total. The summed E-state index contributed by atoms with van der Waals surface area (Å²) in [5, 5.41) is 4.94. The third-order valence-corrected chi connectivity index (χ3v) is 5.53. The van der Waals surface area contributed by atoms with Crippen molar-refractivity contribution in [2.24, 2.45) is 0 Å². The first-order valence-corrected chi connectivity index (χ1v) is 10.1. The quantitative estimate of drug-likeness (QED) is 0.675. The van der Waals surface area contributed by atoms with Crippen LogP contribution in [0.2, 0.25) is 0 Å². The number of pyridine rings is 1. The number of imidazole rings is 1. The summed E-state index contributed by atoms with van der Waals surface area (Å²) >= 11 is 0. The molecule has 1 fully saturated rings. The number of fused-ring (bicyclic) bond motifs is 1. The Morgan fingerprint density at radius 3 is 2.93 bits per heavy atom. The maximum Gasteiger partial charge on any atom is 0.259 e. The van der Waals surface area contributed by atoms with Gasteiger partial charge in [0.2, 0.25) is 0 Å². The van der Waals surface area contributed by atoms with E-state index in [9.17, 15) is 4.79 Å². The van der Waals surface area contributed by atoms with E-state index in [-0.39, 0.29) is 17.9 Å². The van der Waals surface area contributed by atoms with E-state index < -0.39 is 0 Å². The molecule has 1 saturated heterocycles. The number of hydrogen-bond donors (Lipinski definition) is 0. The number of amides is 1. The molecule has 3 aromatic heterocycles. The molecule has 1 aliphatic heterocycles. The minimum atomic E-state index is -0.0120. The molecule has 1 aliphatic rings. The molecule has 0 saturated carbocycles. The van der Waals surface area contributed by atoms with Gasteiger partial charge in [-0.25, -0.2) is 9.97 Å². The van der Waals surface area contributed by atoms with Gasteiger partial charge in [-0.3, -0.25) is 4.79 Å². The van der Waals surface area contributed by atoms with Crippen LogP contribution in [0.15, 0.2) is 23.0 Å². The predicted molar refractivity (Wildman–Crippen MR) is 106 cm³/mol. The number of piperidine rings is 1. The van der Waals surface area contributed by atoms with Gasteiger partial charge in [0, 0.05) is 31.2 Å². The van der Waals surface area contributed by atoms with E-state index in [2.05, 4.69) is 26.6 Å². The van der Waals surface area contributed by atoms with Crippen molar-refractivity contribution in [1.29, 1.82) is 0 Å². The number of rotatable bonds is 4. The van der Waals surface area contributed by atoms with Crippen molar-refractivity contribution < 1.29 is 9.32 Å². The molecule has 7 heteroatoms. The first-order chi connectivity index (χ1) is 13.5. The van der Waals surface area contributed by atoms with E-state index in [1.165, 1.54) is 0 Å². The first-order valence-electron chi connectivity index (χ1n) is 10.1. The zero-order valence-electron chi connectivity index (χ0n) is 17.0. The Kier molecular flexibility index (Phi) is 4.91. The summed E-state index contributed by atoms with van der Waals surface area (Å²) < 4.78 is 7.58. The highest BCUT2D eigenvalue weighted by atomic mass is 16.5. The lowest BCUT2D eigenvalue weighted by Crippen LogP contribution is -2.39. The van der Waals surface area contributed by atoms with Crippen LogP contribution in [-0.2, 0) is 6.54 Å². The summed E-state index contributed by atoms with van der Waals surface area (Å²) in [6, 6.07) is 1.85. The highest BCUT2D eigenvalue weighted by molar-refractivity contribution is 6.06. The van der Waals surface area contributed by atoms with Crippen molar-refractivity contribution in [3.63, 3.8) is 0 Å². The number of likely N-dealkylation sites (tertiary alicyclic amines) is 1. The molecule has 1 atom stereocenters. The smallest absolute Gasteiger partial charge is 0.259 e. The van der Waals surface area contributed by atoms with Crippen LogP contribution in [0.5, 0.6) is 0 Å². The van der Waals surface area contributed by atoms with E-state index >= 15 is 0 Å². The lowest BCUT2D eigenvalue weighted by atomic mass is 9.97. The summed E-state index contributed by atoms with van der Waals surface area (Å²) in [7, 11) is 0. The Balaban J connectivity index is 1.80. The fourth-order valence-electron chi connectivity index (χ4n) is 4.14. The molecule has 0 spiro atoms. The van der Waals surface area contributed by atoms with Crippen molar-refractivity contribution >= 4 is 17.0 Å². The van der Waals surface area contributed by atoms with Gasteiger partial charge in [0.05, 0.1) is 22.7 Å². The van der Waals surface area contributed by atoms with Crippen molar-refractivity contribution in [3.8, 4) is 0 Å². The minimum Gasteiger partial charge on any atom is -0.335 e. The van der Waals surface area contributed by atoms with Crippen LogP contribution in [-0.4, -0.2) is 37.0 Å². The summed E-state index contributed by atoms with van der Waals surface area (Å²) in [4.78, 5) is 24.7. The van der Waals surface area contributed by atoms with E-state index in [4.69, 9.17) is 4.52 Å². The molecule has 3 aromatic rings. The van der Waals surface area contributed by atoms with Crippen LogP contribution in [0, 0.1) is 6.92 Å². The Morgan fingerprint density at radius 1 is 1.36 bits per heavy atom. The molecule has 4 rings (SSSR count). The van der Waals surface area contributed by atoms with Gasteiger partial charge in [0.25, 0.3) is 11.6 Å². The average Bonchev–Trinajstić information content (AvgIpc) is 3.33. The minimum absolute atomic E-state index is 0.0101. The Bertz CT molecular complexity index is 1000. The molecular weight excluding hydrogens is 354 g/mol. The largest absolute Gasteiger partial charge is 0.335 e. The number of hydrogen-bond acceptors (Lipinski definition) is 5. The van der Waals surface area contributed by atoms with Crippen molar-refractivity contribution in [2.75, 3.05) is 6.54 Å². The molecule has 0 N–H and O–H groups in total. The van der Waals surface area contributed by atoms with E-state index in [1.54, 1.807) is 0 Å². The molecule has 148 valence electrons. The topological polar surface area (TPSA) is 77.0 Å². The van der Waals surface area contributed by atoms with Crippen molar-refractivity contribution in [3.05, 3.63) is 41.2 Å². The summed E-state index contributed by atoms with van der Waals surface area (Å²) in [5.74, 6) is 1.12. The lowest BCUT2D eigenvalue weighted by Gasteiger charge is -2.35. The zero-order valence-corrected chi connectivity index (χ0v) is 17.0. The second-order valence-electron chi connectivity index (χ2n) is 7.80. The number of carbonyl (C=O) groups is 1. The van der Waals surface area contributed by atoms with E-state index in [1.807, 2.05) is 44.1 Å². The normalized spacial score (nSPS) is 17.6. The maximum absolute atomic E-state index is 13.7. The second kappa shape index (κ2) is 7.37. The molecule has 28 heavy (non-hydrogen) atoms. The van der Waals surface area contributed by atoms with Gasteiger partial charge >= 0.3 is 0 Å². The van der Waals surface area contributed by atoms with Gasteiger partial charge in [-0.05, 0) is 45.1 Å². The second-order valence-corrected chi connectivity index (χ2v) is 7.80. The first kappa shape index (κ1) is 18.7. The maximum atomic E-state index is 13.7. The van der Waals surface area contributed by atoms with Crippen LogP contribution in [0.1, 0.15) is 79.6 Å². The zero-order chi connectivity index (χ0) is 19.8. The van der Waals surface area contributed by atoms with Crippen LogP contribution >= 0.6 is 0 Å². The number of carbonyl (C=O) groups excluding carboxylic acids is 1. The van der Waals surface area contributed by atoms with Gasteiger partial charge in [0.15, 0.2) is 0 Å². The highest BCUT2D eigenvalue weighted by Crippen LogP contribution is 2.34. The van der Waals surface area contributed by atoms with Crippen LogP contribution in [0.25, 0.3) is 11.1 Å². The number of aromatic nitrogens is 4. The lowest BCUT2D eigenvalue weighted by molar-refractivity contribution is 0.0597. The van der Waals surface area contributed by atoms with Crippen molar-refractivity contribution in [1.82, 2.24) is 24.6 Å². The fraction of sp³-hybridized carbons (Fsp3) is 0.524. The average molecular weight is 381 g/mol. The van der Waals surface area contributed by atoms with Gasteiger partial charge in [-0.15, -0.1) is 0 Å². The third kappa shape index (κ3) is 3.08. The molecule has 1 amide bonds. The summed E-state index contributed by atoms with van der Waals surface area (Å²) in [5.41, 5.74) is 2.62. The standard InChI is InChI=1S/C21H27N5O2/c1-5-25-11-9-22-19(25)16-8-6-7-10-26(16)21(27)15-12-14(4)23-20-17(15)18(13(2)3)24-28-20/h9,11-13,16H,5-8,10H2,1-4H3. The SMILES string of the molecule is CCn1ccnc1C1CCCCN1C(=O)c1cc(C)nc2onc(C(C)C)c12. The van der Waals surface area contributed by atoms with Gasteiger partial charge < -0.3 is 14.0 Å². The van der Waals surface area contributed by atoms with E-state index in [0.29, 0.717) is 11.3 Å². The van der Waals surface area contributed by atoms with Crippen LogP contribution in [0.3, 0.4) is 0 Å². The number of aryl methyl sites for hydroxylation is 2. The Hall–Kier alpha value is -2.70. The molecular formula is C21H27N5O2. The molecule has 0 aliphatic carbocycles. The molecule has 0 aromatic carbocycles. The Morgan fingerprint density at radius 2 is 2.18 bits per heavy atom.